The number of benzene rings is 1. The molecule has 1 N–H and O–H groups in total. The molecule has 1 fully saturated rings. The Morgan fingerprint density at radius 2 is 1.77 bits per heavy atom. The van der Waals surface area contributed by atoms with E-state index in [2.05, 4.69) is 15.0 Å². The molecule has 128 valence electrons. The Labute approximate surface area is 141 Å². The summed E-state index contributed by atoms with van der Waals surface area (Å²) in [6, 6.07) is 6.37. The van der Waals surface area contributed by atoms with Gasteiger partial charge < -0.3 is 10.1 Å². The average Bonchev–Trinajstić information content (AvgIpc) is 2.41. The molecule has 1 saturated heterocycles. The standard InChI is InChI=1S/C14H19F3N2O.2ClH/c1-2-12(19-9-7-18-8-10-19)11-5-3-4-6-13(11)20-14(15,16)17;;/h3-6,12,18H,2,7-10H2,1H3;2*1H/t12-;;/m1../s1. The van der Waals surface area contributed by atoms with Gasteiger partial charge in [0.2, 0.25) is 0 Å². The van der Waals surface area contributed by atoms with Gasteiger partial charge in [-0.25, -0.2) is 0 Å². The number of para-hydroxylation sites is 1. The van der Waals surface area contributed by atoms with Gasteiger partial charge >= 0.3 is 6.36 Å². The summed E-state index contributed by atoms with van der Waals surface area (Å²) in [4.78, 5) is 2.20. The van der Waals surface area contributed by atoms with E-state index >= 15 is 0 Å². The Morgan fingerprint density at radius 3 is 2.32 bits per heavy atom. The predicted octanol–water partition coefficient (Wildman–Crippen LogP) is 3.79. The van der Waals surface area contributed by atoms with Crippen molar-refractivity contribution in [3.8, 4) is 5.75 Å². The predicted molar refractivity (Wildman–Crippen MR) is 85.1 cm³/mol. The second kappa shape index (κ2) is 9.45. The molecule has 3 nitrogen and oxygen atoms in total. The fourth-order valence-electron chi connectivity index (χ4n) is 2.64. The minimum atomic E-state index is -4.65. The number of rotatable bonds is 4. The molecule has 0 aromatic heterocycles. The SMILES string of the molecule is CC[C@H](c1ccccc1OC(F)(F)F)N1CCNCC1.Cl.Cl. The van der Waals surface area contributed by atoms with Crippen LogP contribution in [0.1, 0.15) is 24.9 Å². The van der Waals surface area contributed by atoms with Gasteiger partial charge in [-0.2, -0.15) is 0 Å². The molecule has 1 heterocycles. The van der Waals surface area contributed by atoms with Crippen molar-refractivity contribution in [2.75, 3.05) is 26.2 Å². The van der Waals surface area contributed by atoms with E-state index in [4.69, 9.17) is 0 Å². The van der Waals surface area contributed by atoms with E-state index in [1.54, 1.807) is 18.2 Å². The highest BCUT2D eigenvalue weighted by atomic mass is 35.5. The summed E-state index contributed by atoms with van der Waals surface area (Å²) in [5.74, 6) is -0.0922. The topological polar surface area (TPSA) is 24.5 Å². The highest BCUT2D eigenvalue weighted by molar-refractivity contribution is 5.85. The van der Waals surface area contributed by atoms with Crippen molar-refractivity contribution in [3.05, 3.63) is 29.8 Å². The van der Waals surface area contributed by atoms with Crippen LogP contribution >= 0.6 is 24.8 Å². The second-order valence-corrected chi connectivity index (χ2v) is 4.80. The van der Waals surface area contributed by atoms with E-state index in [1.807, 2.05) is 6.92 Å². The first-order valence-corrected chi connectivity index (χ1v) is 6.80. The van der Waals surface area contributed by atoms with E-state index in [9.17, 15) is 13.2 Å². The van der Waals surface area contributed by atoms with Crippen molar-refractivity contribution in [2.24, 2.45) is 0 Å². The van der Waals surface area contributed by atoms with E-state index in [-0.39, 0.29) is 36.6 Å². The molecule has 2 rings (SSSR count). The van der Waals surface area contributed by atoms with Crippen molar-refractivity contribution in [1.82, 2.24) is 10.2 Å². The van der Waals surface area contributed by atoms with Gasteiger partial charge in [-0.1, -0.05) is 25.1 Å². The molecule has 1 aromatic carbocycles. The quantitative estimate of drug-likeness (QED) is 0.883. The van der Waals surface area contributed by atoms with Crippen molar-refractivity contribution in [3.63, 3.8) is 0 Å². The fourth-order valence-corrected chi connectivity index (χ4v) is 2.64. The molecule has 8 heteroatoms. The third-order valence-electron chi connectivity index (χ3n) is 3.48. The smallest absolute Gasteiger partial charge is 0.405 e. The molecule has 1 atom stereocenters. The maximum atomic E-state index is 12.5. The third kappa shape index (κ3) is 5.83. The first kappa shape index (κ1) is 21.3. The average molecular weight is 361 g/mol. The molecule has 0 radical (unpaired) electrons. The summed E-state index contributed by atoms with van der Waals surface area (Å²) >= 11 is 0. The minimum Gasteiger partial charge on any atom is -0.405 e. The lowest BCUT2D eigenvalue weighted by atomic mass is 10.0. The van der Waals surface area contributed by atoms with Crippen LogP contribution in [0.2, 0.25) is 0 Å². The number of alkyl halides is 3. The summed E-state index contributed by atoms with van der Waals surface area (Å²) in [7, 11) is 0. The van der Waals surface area contributed by atoms with Crippen molar-refractivity contribution in [1.29, 1.82) is 0 Å². The Kier molecular flexibility index (Phi) is 9.15. The molecular weight excluding hydrogens is 340 g/mol. The molecule has 0 aliphatic carbocycles. The maximum Gasteiger partial charge on any atom is 0.573 e. The van der Waals surface area contributed by atoms with E-state index < -0.39 is 6.36 Å². The van der Waals surface area contributed by atoms with Crippen LogP contribution in [0.25, 0.3) is 0 Å². The second-order valence-electron chi connectivity index (χ2n) is 4.80. The minimum absolute atomic E-state index is 0. The molecule has 1 aromatic rings. The normalized spacial score (nSPS) is 17.1. The Hall–Kier alpha value is -0.690. The summed E-state index contributed by atoms with van der Waals surface area (Å²) < 4.78 is 41.6. The number of piperazine rings is 1. The number of hydrogen-bond acceptors (Lipinski definition) is 3. The third-order valence-corrected chi connectivity index (χ3v) is 3.48. The summed E-state index contributed by atoms with van der Waals surface area (Å²) in [5.41, 5.74) is 0.606. The molecule has 0 bridgehead atoms. The van der Waals surface area contributed by atoms with Gasteiger partial charge in [0.15, 0.2) is 0 Å². The number of nitrogens with zero attached hydrogens (tertiary/aromatic N) is 1. The van der Waals surface area contributed by atoms with Crippen molar-refractivity contribution >= 4 is 24.8 Å². The van der Waals surface area contributed by atoms with Gasteiger partial charge in [-0.15, -0.1) is 38.0 Å². The van der Waals surface area contributed by atoms with Crippen LogP contribution in [0.3, 0.4) is 0 Å². The van der Waals surface area contributed by atoms with Crippen molar-refractivity contribution in [2.45, 2.75) is 25.7 Å². The van der Waals surface area contributed by atoms with E-state index in [0.29, 0.717) is 5.56 Å². The lowest BCUT2D eigenvalue weighted by Crippen LogP contribution is -2.45. The lowest BCUT2D eigenvalue weighted by Gasteiger charge is -2.35. The fraction of sp³-hybridized carbons (Fsp3) is 0.571. The van der Waals surface area contributed by atoms with Gasteiger partial charge in [0, 0.05) is 37.8 Å². The molecule has 0 spiro atoms. The molecule has 1 aliphatic heterocycles. The zero-order valence-electron chi connectivity index (χ0n) is 12.2. The monoisotopic (exact) mass is 360 g/mol. The summed E-state index contributed by atoms with van der Waals surface area (Å²) in [6.45, 7) is 5.37. The largest absolute Gasteiger partial charge is 0.573 e. The first-order chi connectivity index (χ1) is 9.51. The van der Waals surface area contributed by atoms with Gasteiger partial charge in [-0.05, 0) is 12.5 Å². The molecular formula is C14H21Cl2F3N2O. The molecule has 22 heavy (non-hydrogen) atoms. The zero-order valence-corrected chi connectivity index (χ0v) is 13.9. The number of nitrogens with one attached hydrogen (secondary N) is 1. The summed E-state index contributed by atoms with van der Waals surface area (Å²) in [6.07, 6.45) is -3.91. The number of halogens is 5. The Morgan fingerprint density at radius 1 is 1.18 bits per heavy atom. The Bertz CT molecular complexity index is 440. The van der Waals surface area contributed by atoms with Gasteiger partial charge in [0.25, 0.3) is 0 Å². The zero-order chi connectivity index (χ0) is 14.6. The van der Waals surface area contributed by atoms with Crippen LogP contribution in [-0.2, 0) is 0 Å². The molecule has 0 unspecified atom stereocenters. The van der Waals surface area contributed by atoms with Crippen LogP contribution in [0, 0.1) is 0 Å². The molecule has 0 saturated carbocycles. The highest BCUT2D eigenvalue weighted by Gasteiger charge is 2.33. The van der Waals surface area contributed by atoms with E-state index in [1.165, 1.54) is 6.07 Å². The van der Waals surface area contributed by atoms with Crippen molar-refractivity contribution < 1.29 is 17.9 Å². The van der Waals surface area contributed by atoms with Gasteiger partial charge in [-0.3, -0.25) is 4.90 Å². The number of ether oxygens (including phenoxy) is 1. The lowest BCUT2D eigenvalue weighted by molar-refractivity contribution is -0.275. The van der Waals surface area contributed by atoms with Gasteiger partial charge in [0.05, 0.1) is 0 Å². The van der Waals surface area contributed by atoms with Crippen LogP contribution in [0.4, 0.5) is 13.2 Å². The first-order valence-electron chi connectivity index (χ1n) is 6.80. The summed E-state index contributed by atoms with van der Waals surface area (Å²) in [5, 5.41) is 3.25. The van der Waals surface area contributed by atoms with Crippen LogP contribution in [0.5, 0.6) is 5.75 Å². The van der Waals surface area contributed by atoms with Crippen LogP contribution in [0.15, 0.2) is 24.3 Å². The van der Waals surface area contributed by atoms with Gasteiger partial charge in [0.1, 0.15) is 5.75 Å². The van der Waals surface area contributed by atoms with Crippen LogP contribution in [-0.4, -0.2) is 37.4 Å². The maximum absolute atomic E-state index is 12.5. The Balaban J connectivity index is 0.00000220. The van der Waals surface area contributed by atoms with Crippen LogP contribution < -0.4 is 10.1 Å². The molecule has 0 amide bonds. The highest BCUT2D eigenvalue weighted by Crippen LogP contribution is 2.34. The number of hydrogen-bond donors (Lipinski definition) is 1. The molecule has 1 aliphatic rings. The van der Waals surface area contributed by atoms with E-state index in [0.717, 1.165) is 32.6 Å².